The molecule has 130 valence electrons. The fraction of sp³-hybridized carbons (Fsp3) is 0.167. The average Bonchev–Trinajstić information content (AvgIpc) is 2.98. The largest absolute Gasteiger partial charge is 0.451 e. The van der Waals surface area contributed by atoms with Crippen molar-refractivity contribution in [1.82, 2.24) is 4.72 Å². The van der Waals surface area contributed by atoms with Gasteiger partial charge < -0.3 is 9.73 Å². The van der Waals surface area contributed by atoms with Gasteiger partial charge in [-0.05, 0) is 50.2 Å². The van der Waals surface area contributed by atoms with E-state index >= 15 is 0 Å². The summed E-state index contributed by atoms with van der Waals surface area (Å²) in [5, 5.41) is 3.53. The Hall–Kier alpha value is -2.64. The summed E-state index contributed by atoms with van der Waals surface area (Å²) in [5.41, 5.74) is 1.11. The third kappa shape index (κ3) is 3.89. The summed E-state index contributed by atoms with van der Waals surface area (Å²) in [4.78, 5) is 12.4. The van der Waals surface area contributed by atoms with Crippen molar-refractivity contribution in [2.45, 2.75) is 24.8 Å². The second kappa shape index (κ2) is 6.70. The molecule has 0 aliphatic heterocycles. The molecule has 0 bridgehead atoms. The lowest BCUT2D eigenvalue weighted by Gasteiger charge is -2.10. The standard InChI is InChI=1S/C18H18N2O4S/c1-12(2)20-25(22,23)15-9-7-14(8-10-15)19-18(21)17-11-13-5-3-4-6-16(13)24-17/h3-12,20H,1-2H3,(H,19,21). The third-order valence-corrected chi connectivity index (χ3v) is 5.14. The highest BCUT2D eigenvalue weighted by Crippen LogP contribution is 2.20. The number of para-hydroxylation sites is 1. The second-order valence-electron chi connectivity index (χ2n) is 5.90. The number of benzene rings is 2. The maximum Gasteiger partial charge on any atom is 0.291 e. The van der Waals surface area contributed by atoms with E-state index in [9.17, 15) is 13.2 Å². The van der Waals surface area contributed by atoms with Crippen LogP contribution in [0.3, 0.4) is 0 Å². The quantitative estimate of drug-likeness (QED) is 0.732. The van der Waals surface area contributed by atoms with Gasteiger partial charge in [0.2, 0.25) is 10.0 Å². The molecule has 0 unspecified atom stereocenters. The van der Waals surface area contributed by atoms with Crippen LogP contribution in [0.25, 0.3) is 11.0 Å². The van der Waals surface area contributed by atoms with Crippen LogP contribution in [0.2, 0.25) is 0 Å². The number of hydrogen-bond acceptors (Lipinski definition) is 4. The summed E-state index contributed by atoms with van der Waals surface area (Å²) < 4.78 is 32.2. The number of hydrogen-bond donors (Lipinski definition) is 2. The van der Waals surface area contributed by atoms with Crippen LogP contribution in [-0.4, -0.2) is 20.4 Å². The van der Waals surface area contributed by atoms with Crippen molar-refractivity contribution in [2.75, 3.05) is 5.32 Å². The number of carbonyl (C=O) groups is 1. The van der Waals surface area contributed by atoms with Gasteiger partial charge in [0.25, 0.3) is 5.91 Å². The van der Waals surface area contributed by atoms with E-state index in [1.165, 1.54) is 24.3 Å². The number of nitrogens with one attached hydrogen (secondary N) is 2. The number of amides is 1. The topological polar surface area (TPSA) is 88.4 Å². The maximum atomic E-state index is 12.3. The summed E-state index contributed by atoms with van der Waals surface area (Å²) in [5.74, 6) is -0.202. The first-order valence-electron chi connectivity index (χ1n) is 7.77. The molecule has 0 radical (unpaired) electrons. The summed E-state index contributed by atoms with van der Waals surface area (Å²) in [6, 6.07) is 14.8. The molecule has 7 heteroatoms. The summed E-state index contributed by atoms with van der Waals surface area (Å²) >= 11 is 0. The highest BCUT2D eigenvalue weighted by Gasteiger charge is 2.16. The zero-order valence-electron chi connectivity index (χ0n) is 13.8. The molecule has 0 aliphatic rings. The van der Waals surface area contributed by atoms with Crippen LogP contribution in [-0.2, 0) is 10.0 Å². The molecule has 25 heavy (non-hydrogen) atoms. The summed E-state index contributed by atoms with van der Waals surface area (Å²) in [6.45, 7) is 3.50. The van der Waals surface area contributed by atoms with Gasteiger partial charge in [0.1, 0.15) is 5.58 Å². The SMILES string of the molecule is CC(C)NS(=O)(=O)c1ccc(NC(=O)c2cc3ccccc3o2)cc1. The molecule has 0 saturated carbocycles. The molecule has 3 aromatic rings. The Bertz CT molecular complexity index is 972. The zero-order valence-corrected chi connectivity index (χ0v) is 14.6. The first-order valence-corrected chi connectivity index (χ1v) is 9.26. The monoisotopic (exact) mass is 358 g/mol. The van der Waals surface area contributed by atoms with Crippen LogP contribution in [0.1, 0.15) is 24.4 Å². The van der Waals surface area contributed by atoms with E-state index in [4.69, 9.17) is 4.42 Å². The van der Waals surface area contributed by atoms with Crippen molar-refractivity contribution in [2.24, 2.45) is 0 Å². The highest BCUT2D eigenvalue weighted by molar-refractivity contribution is 7.89. The summed E-state index contributed by atoms with van der Waals surface area (Å²) in [7, 11) is -3.56. The van der Waals surface area contributed by atoms with E-state index in [-0.39, 0.29) is 16.7 Å². The molecule has 0 spiro atoms. The van der Waals surface area contributed by atoms with Crippen LogP contribution in [0.15, 0.2) is 63.9 Å². The van der Waals surface area contributed by atoms with Crippen molar-refractivity contribution < 1.29 is 17.6 Å². The summed E-state index contributed by atoms with van der Waals surface area (Å²) in [6.07, 6.45) is 0. The normalized spacial score (nSPS) is 11.8. The van der Waals surface area contributed by atoms with Crippen molar-refractivity contribution >= 4 is 32.6 Å². The predicted octanol–water partition coefficient (Wildman–Crippen LogP) is 3.37. The van der Waals surface area contributed by atoms with Crippen LogP contribution in [0.5, 0.6) is 0 Å². The van der Waals surface area contributed by atoms with Crippen LogP contribution >= 0.6 is 0 Å². The molecule has 3 rings (SSSR count). The molecule has 0 atom stereocenters. The van der Waals surface area contributed by atoms with E-state index in [0.29, 0.717) is 11.3 Å². The molecule has 0 saturated heterocycles. The molecule has 6 nitrogen and oxygen atoms in total. The van der Waals surface area contributed by atoms with Crippen LogP contribution in [0.4, 0.5) is 5.69 Å². The Balaban J connectivity index is 1.76. The van der Waals surface area contributed by atoms with Crippen LogP contribution in [0, 0.1) is 0 Å². The van der Waals surface area contributed by atoms with Gasteiger partial charge in [-0.1, -0.05) is 18.2 Å². The molecule has 1 heterocycles. The molecule has 1 aromatic heterocycles. The minimum atomic E-state index is -3.56. The van der Waals surface area contributed by atoms with Gasteiger partial charge in [0.05, 0.1) is 4.90 Å². The number of furan rings is 1. The first-order chi connectivity index (χ1) is 11.8. The molecule has 2 N–H and O–H groups in total. The second-order valence-corrected chi connectivity index (χ2v) is 7.62. The molecule has 0 aliphatic carbocycles. The van der Waals surface area contributed by atoms with Crippen LogP contribution < -0.4 is 10.0 Å². The van der Waals surface area contributed by atoms with Gasteiger partial charge in [0.15, 0.2) is 5.76 Å². The number of sulfonamides is 1. The number of rotatable bonds is 5. The zero-order chi connectivity index (χ0) is 18.0. The Kier molecular flexibility index (Phi) is 4.61. The maximum absolute atomic E-state index is 12.3. The molecular weight excluding hydrogens is 340 g/mol. The number of anilines is 1. The number of carbonyl (C=O) groups excluding carboxylic acids is 1. The molecule has 1 amide bonds. The molecular formula is C18H18N2O4S. The van der Waals surface area contributed by atoms with E-state index in [1.54, 1.807) is 26.0 Å². The van der Waals surface area contributed by atoms with Gasteiger partial charge in [-0.15, -0.1) is 0 Å². The Morgan fingerprint density at radius 3 is 2.36 bits per heavy atom. The van der Waals surface area contributed by atoms with Gasteiger partial charge in [0, 0.05) is 17.1 Å². The van der Waals surface area contributed by atoms with Crippen molar-refractivity contribution in [3.05, 3.63) is 60.4 Å². The fourth-order valence-corrected chi connectivity index (χ4v) is 3.63. The van der Waals surface area contributed by atoms with Crippen molar-refractivity contribution in [3.63, 3.8) is 0 Å². The molecule has 0 fully saturated rings. The minimum absolute atomic E-state index is 0.142. The first kappa shape index (κ1) is 17.2. The average molecular weight is 358 g/mol. The van der Waals surface area contributed by atoms with E-state index < -0.39 is 15.9 Å². The Morgan fingerprint density at radius 1 is 1.04 bits per heavy atom. The van der Waals surface area contributed by atoms with Crippen molar-refractivity contribution in [3.8, 4) is 0 Å². The van der Waals surface area contributed by atoms with Gasteiger partial charge in [-0.2, -0.15) is 0 Å². The Labute approximate surface area is 145 Å². The Morgan fingerprint density at radius 2 is 1.72 bits per heavy atom. The lowest BCUT2D eigenvalue weighted by Crippen LogP contribution is -2.30. The predicted molar refractivity (Wildman–Crippen MR) is 96.1 cm³/mol. The smallest absolute Gasteiger partial charge is 0.291 e. The van der Waals surface area contributed by atoms with Crippen molar-refractivity contribution in [1.29, 1.82) is 0 Å². The lowest BCUT2D eigenvalue weighted by molar-refractivity contribution is 0.0998. The van der Waals surface area contributed by atoms with Gasteiger partial charge in [-0.25, -0.2) is 13.1 Å². The van der Waals surface area contributed by atoms with E-state index in [2.05, 4.69) is 10.0 Å². The minimum Gasteiger partial charge on any atom is -0.451 e. The third-order valence-electron chi connectivity index (χ3n) is 3.46. The lowest BCUT2D eigenvalue weighted by atomic mass is 10.2. The molecule has 2 aromatic carbocycles. The van der Waals surface area contributed by atoms with Gasteiger partial charge >= 0.3 is 0 Å². The van der Waals surface area contributed by atoms with E-state index in [1.807, 2.05) is 18.2 Å². The highest BCUT2D eigenvalue weighted by atomic mass is 32.2. The van der Waals surface area contributed by atoms with Gasteiger partial charge in [-0.3, -0.25) is 4.79 Å². The van der Waals surface area contributed by atoms with E-state index in [0.717, 1.165) is 5.39 Å². The number of fused-ring (bicyclic) bond motifs is 1. The fourth-order valence-electron chi connectivity index (χ4n) is 2.38.